The third-order valence-corrected chi connectivity index (χ3v) is 2.10. The summed E-state index contributed by atoms with van der Waals surface area (Å²) in [6, 6.07) is 0. The predicted octanol–water partition coefficient (Wildman–Crippen LogP) is 0.615. The summed E-state index contributed by atoms with van der Waals surface area (Å²) in [5.41, 5.74) is 5.21. The molecule has 0 aromatic rings. The maximum atomic E-state index is 8.99. The lowest BCUT2D eigenvalue weighted by Crippen LogP contribution is -2.20. The van der Waals surface area contributed by atoms with Crippen LogP contribution in [0.25, 0.3) is 0 Å². The van der Waals surface area contributed by atoms with Crippen LogP contribution < -0.4 is 5.73 Å². The van der Waals surface area contributed by atoms with Crippen molar-refractivity contribution in [2.45, 2.75) is 12.5 Å². The fourth-order valence-corrected chi connectivity index (χ4v) is 1.28. The summed E-state index contributed by atoms with van der Waals surface area (Å²) in [5.74, 6) is 1.92. The molecule has 3 N–H and O–H groups in total. The normalized spacial score (nSPS) is 13.0. The van der Waals surface area contributed by atoms with E-state index in [1.54, 1.807) is 11.8 Å². The van der Waals surface area contributed by atoms with E-state index in [2.05, 4.69) is 6.58 Å². The molecule has 0 aliphatic heterocycles. The lowest BCUT2D eigenvalue weighted by molar-refractivity contribution is 0.180. The Balaban J connectivity index is 2.95. The minimum absolute atomic E-state index is 0.322. The maximum Gasteiger partial charge on any atom is 0.0670 e. The van der Waals surface area contributed by atoms with E-state index in [9.17, 15) is 0 Å². The Labute approximate surface area is 66.5 Å². The van der Waals surface area contributed by atoms with E-state index in [-0.39, 0.29) is 6.10 Å². The Bertz CT molecular complexity index is 87.7. The van der Waals surface area contributed by atoms with Crippen molar-refractivity contribution in [3.05, 3.63) is 12.7 Å². The third-order valence-electron chi connectivity index (χ3n) is 1.10. The zero-order valence-electron chi connectivity index (χ0n) is 6.12. The van der Waals surface area contributed by atoms with Crippen LogP contribution in [-0.2, 0) is 0 Å². The first kappa shape index (κ1) is 10.0. The van der Waals surface area contributed by atoms with Gasteiger partial charge in [0.05, 0.1) is 6.10 Å². The predicted molar refractivity (Wildman–Crippen MR) is 47.2 cm³/mol. The highest BCUT2D eigenvalue weighted by Crippen LogP contribution is 2.03. The molecule has 60 valence electrons. The third kappa shape index (κ3) is 6.13. The molecule has 0 fully saturated rings. The minimum Gasteiger partial charge on any atom is -0.392 e. The summed E-state index contributed by atoms with van der Waals surface area (Å²) in [7, 11) is 0. The van der Waals surface area contributed by atoms with Crippen LogP contribution in [0.2, 0.25) is 0 Å². The molecule has 0 radical (unpaired) electrons. The van der Waals surface area contributed by atoms with Crippen molar-refractivity contribution in [3.8, 4) is 0 Å². The van der Waals surface area contributed by atoms with E-state index in [1.807, 2.05) is 6.08 Å². The SMILES string of the molecule is C=CCSCCC(O)CN. The van der Waals surface area contributed by atoms with Gasteiger partial charge in [0, 0.05) is 12.3 Å². The molecule has 10 heavy (non-hydrogen) atoms. The first-order valence-corrected chi connectivity index (χ1v) is 4.53. The van der Waals surface area contributed by atoms with Gasteiger partial charge in [-0.2, -0.15) is 11.8 Å². The monoisotopic (exact) mass is 161 g/mol. The van der Waals surface area contributed by atoms with E-state index in [0.29, 0.717) is 6.54 Å². The number of rotatable bonds is 6. The van der Waals surface area contributed by atoms with Crippen molar-refractivity contribution in [2.75, 3.05) is 18.1 Å². The zero-order chi connectivity index (χ0) is 7.82. The summed E-state index contributed by atoms with van der Waals surface area (Å²) >= 11 is 1.76. The molecular weight excluding hydrogens is 146 g/mol. The minimum atomic E-state index is -0.322. The molecule has 0 aliphatic carbocycles. The van der Waals surface area contributed by atoms with Crippen LogP contribution in [0, 0.1) is 0 Å². The van der Waals surface area contributed by atoms with Gasteiger partial charge in [-0.25, -0.2) is 0 Å². The highest BCUT2D eigenvalue weighted by Gasteiger charge is 1.98. The molecule has 0 spiro atoms. The standard InChI is InChI=1S/C7H15NOS/c1-2-4-10-5-3-7(9)6-8/h2,7,9H,1,3-6,8H2. The van der Waals surface area contributed by atoms with Gasteiger partial charge >= 0.3 is 0 Å². The van der Waals surface area contributed by atoms with Crippen LogP contribution in [-0.4, -0.2) is 29.3 Å². The van der Waals surface area contributed by atoms with Crippen molar-refractivity contribution in [1.29, 1.82) is 0 Å². The summed E-state index contributed by atoms with van der Waals surface area (Å²) in [4.78, 5) is 0. The summed E-state index contributed by atoms with van der Waals surface area (Å²) in [5, 5.41) is 8.99. The first-order chi connectivity index (χ1) is 4.81. The second-order valence-electron chi connectivity index (χ2n) is 2.04. The van der Waals surface area contributed by atoms with E-state index >= 15 is 0 Å². The van der Waals surface area contributed by atoms with Gasteiger partial charge in [-0.1, -0.05) is 6.08 Å². The van der Waals surface area contributed by atoms with E-state index in [4.69, 9.17) is 10.8 Å². The quantitative estimate of drug-likeness (QED) is 0.443. The van der Waals surface area contributed by atoms with Crippen LogP contribution in [0.3, 0.4) is 0 Å². The van der Waals surface area contributed by atoms with Crippen molar-refractivity contribution in [2.24, 2.45) is 5.73 Å². The number of thioether (sulfide) groups is 1. The van der Waals surface area contributed by atoms with E-state index < -0.39 is 0 Å². The lowest BCUT2D eigenvalue weighted by atomic mass is 10.3. The van der Waals surface area contributed by atoms with Crippen molar-refractivity contribution in [3.63, 3.8) is 0 Å². The highest BCUT2D eigenvalue weighted by molar-refractivity contribution is 7.99. The van der Waals surface area contributed by atoms with Crippen LogP contribution >= 0.6 is 11.8 Å². The molecule has 0 aliphatic rings. The number of aliphatic hydroxyl groups excluding tert-OH is 1. The van der Waals surface area contributed by atoms with Crippen molar-refractivity contribution in [1.82, 2.24) is 0 Å². The first-order valence-electron chi connectivity index (χ1n) is 3.38. The average Bonchev–Trinajstić information content (AvgIpc) is 1.98. The summed E-state index contributed by atoms with van der Waals surface area (Å²) in [6.45, 7) is 3.96. The molecule has 0 saturated heterocycles. The second-order valence-corrected chi connectivity index (χ2v) is 3.19. The van der Waals surface area contributed by atoms with Gasteiger partial charge in [0.1, 0.15) is 0 Å². The van der Waals surface area contributed by atoms with Gasteiger partial charge in [0.25, 0.3) is 0 Å². The van der Waals surface area contributed by atoms with Crippen molar-refractivity contribution < 1.29 is 5.11 Å². The van der Waals surface area contributed by atoms with Crippen LogP contribution in [0.5, 0.6) is 0 Å². The fraction of sp³-hybridized carbons (Fsp3) is 0.714. The Kier molecular flexibility index (Phi) is 7.13. The molecule has 0 bridgehead atoms. The molecule has 0 rings (SSSR count). The van der Waals surface area contributed by atoms with E-state index in [1.165, 1.54) is 0 Å². The highest BCUT2D eigenvalue weighted by atomic mass is 32.2. The van der Waals surface area contributed by atoms with Crippen LogP contribution in [0.15, 0.2) is 12.7 Å². The average molecular weight is 161 g/mol. The smallest absolute Gasteiger partial charge is 0.0670 e. The van der Waals surface area contributed by atoms with Gasteiger partial charge < -0.3 is 10.8 Å². The lowest BCUT2D eigenvalue weighted by Gasteiger charge is -2.04. The number of nitrogens with two attached hydrogens (primary N) is 1. The summed E-state index contributed by atoms with van der Waals surface area (Å²) < 4.78 is 0. The molecule has 3 heteroatoms. The van der Waals surface area contributed by atoms with Gasteiger partial charge in [0.2, 0.25) is 0 Å². The van der Waals surface area contributed by atoms with Gasteiger partial charge in [-0.3, -0.25) is 0 Å². The second kappa shape index (κ2) is 7.12. The molecule has 0 aromatic heterocycles. The fourth-order valence-electron chi connectivity index (χ4n) is 0.504. The van der Waals surface area contributed by atoms with Gasteiger partial charge in [0.15, 0.2) is 0 Å². The molecule has 2 nitrogen and oxygen atoms in total. The largest absolute Gasteiger partial charge is 0.392 e. The van der Waals surface area contributed by atoms with Gasteiger partial charge in [-0.15, -0.1) is 6.58 Å². The molecule has 0 aromatic carbocycles. The summed E-state index contributed by atoms with van der Waals surface area (Å²) in [6.07, 6.45) is 2.33. The van der Waals surface area contributed by atoms with Gasteiger partial charge in [-0.05, 0) is 12.2 Å². The van der Waals surface area contributed by atoms with Crippen molar-refractivity contribution >= 4 is 11.8 Å². The molecule has 1 unspecified atom stereocenters. The molecule has 0 heterocycles. The number of hydrogen-bond acceptors (Lipinski definition) is 3. The molecule has 0 saturated carbocycles. The molecular formula is C7H15NOS. The Morgan fingerprint density at radius 1 is 1.70 bits per heavy atom. The number of aliphatic hydroxyl groups is 1. The zero-order valence-corrected chi connectivity index (χ0v) is 6.94. The topological polar surface area (TPSA) is 46.2 Å². The number of hydrogen-bond donors (Lipinski definition) is 2. The van der Waals surface area contributed by atoms with Crippen LogP contribution in [0.1, 0.15) is 6.42 Å². The Hall–Kier alpha value is 0.01000. The molecule has 1 atom stereocenters. The maximum absolute atomic E-state index is 8.99. The van der Waals surface area contributed by atoms with E-state index in [0.717, 1.165) is 17.9 Å². The molecule has 0 amide bonds. The Morgan fingerprint density at radius 2 is 2.40 bits per heavy atom. The van der Waals surface area contributed by atoms with Crippen LogP contribution in [0.4, 0.5) is 0 Å². The Morgan fingerprint density at radius 3 is 2.90 bits per heavy atom.